The van der Waals surface area contributed by atoms with Crippen molar-refractivity contribution in [2.24, 2.45) is 0 Å². The molecule has 2 heterocycles. The predicted octanol–water partition coefficient (Wildman–Crippen LogP) is 4.28. The summed E-state index contributed by atoms with van der Waals surface area (Å²) in [5, 5.41) is 13.4. The molecule has 2 aromatic carbocycles. The van der Waals surface area contributed by atoms with E-state index in [4.69, 9.17) is 4.74 Å². The maximum atomic E-state index is 13.8. The van der Waals surface area contributed by atoms with Gasteiger partial charge in [-0.05, 0) is 6.07 Å². The van der Waals surface area contributed by atoms with E-state index >= 15 is 0 Å². The highest BCUT2D eigenvalue weighted by Crippen LogP contribution is 2.37. The summed E-state index contributed by atoms with van der Waals surface area (Å²) in [7, 11) is 0. The molecule has 3 aromatic rings. The zero-order valence-electron chi connectivity index (χ0n) is 12.2. The molecule has 4 nitrogen and oxygen atoms in total. The van der Waals surface area contributed by atoms with Gasteiger partial charge in [-0.3, -0.25) is 0 Å². The third kappa shape index (κ3) is 2.77. The third-order valence-electron chi connectivity index (χ3n) is 3.77. The SMILES string of the molecule is Fc1cccc2c1OCC[C@@H]2Nc1nnc(-c2ccccc2)s1. The van der Waals surface area contributed by atoms with Gasteiger partial charge in [0.15, 0.2) is 11.6 Å². The van der Waals surface area contributed by atoms with Gasteiger partial charge >= 0.3 is 0 Å². The topological polar surface area (TPSA) is 47.0 Å². The molecule has 1 aliphatic rings. The van der Waals surface area contributed by atoms with Crippen LogP contribution in [0.1, 0.15) is 18.0 Å². The van der Waals surface area contributed by atoms with Crippen LogP contribution in [0.2, 0.25) is 0 Å². The maximum Gasteiger partial charge on any atom is 0.206 e. The molecule has 0 radical (unpaired) electrons. The minimum absolute atomic E-state index is 0.0222. The Morgan fingerprint density at radius 3 is 2.83 bits per heavy atom. The zero-order chi connectivity index (χ0) is 15.6. The van der Waals surface area contributed by atoms with Gasteiger partial charge in [0.05, 0.1) is 12.6 Å². The fourth-order valence-corrected chi connectivity index (χ4v) is 3.47. The van der Waals surface area contributed by atoms with Gasteiger partial charge in [-0.25, -0.2) is 4.39 Å². The Hall–Kier alpha value is -2.47. The number of aromatic nitrogens is 2. The van der Waals surface area contributed by atoms with Crippen LogP contribution in [-0.2, 0) is 0 Å². The largest absolute Gasteiger partial charge is 0.490 e. The van der Waals surface area contributed by atoms with Gasteiger partial charge in [0.2, 0.25) is 5.13 Å². The van der Waals surface area contributed by atoms with E-state index in [0.29, 0.717) is 12.4 Å². The molecule has 23 heavy (non-hydrogen) atoms. The van der Waals surface area contributed by atoms with E-state index < -0.39 is 0 Å². The highest BCUT2D eigenvalue weighted by molar-refractivity contribution is 7.18. The van der Waals surface area contributed by atoms with Crippen LogP contribution in [0.3, 0.4) is 0 Å². The standard InChI is InChI=1S/C17H14FN3OS/c18-13-8-4-7-12-14(9-10-22-15(12)13)19-17-21-20-16(23-17)11-5-2-1-3-6-11/h1-8,14H,9-10H2,(H,19,21)/t14-/m0/s1. The molecule has 0 aliphatic carbocycles. The molecule has 0 amide bonds. The molecular formula is C17H14FN3OS. The number of nitrogens with zero attached hydrogens (tertiary/aromatic N) is 2. The van der Waals surface area contributed by atoms with Crippen LogP contribution in [-0.4, -0.2) is 16.8 Å². The van der Waals surface area contributed by atoms with E-state index in [1.54, 1.807) is 6.07 Å². The van der Waals surface area contributed by atoms with Crippen molar-refractivity contribution in [1.82, 2.24) is 10.2 Å². The maximum absolute atomic E-state index is 13.8. The minimum Gasteiger partial charge on any atom is -0.490 e. The van der Waals surface area contributed by atoms with Gasteiger partial charge in [0.25, 0.3) is 0 Å². The lowest BCUT2D eigenvalue weighted by atomic mass is 10.0. The minimum atomic E-state index is -0.323. The monoisotopic (exact) mass is 327 g/mol. The van der Waals surface area contributed by atoms with Crippen LogP contribution in [0.15, 0.2) is 48.5 Å². The van der Waals surface area contributed by atoms with Crippen molar-refractivity contribution < 1.29 is 9.13 Å². The van der Waals surface area contributed by atoms with Gasteiger partial charge in [0.1, 0.15) is 5.01 Å². The van der Waals surface area contributed by atoms with E-state index in [9.17, 15) is 4.39 Å². The highest BCUT2D eigenvalue weighted by Gasteiger charge is 2.24. The average molecular weight is 327 g/mol. The van der Waals surface area contributed by atoms with Crippen LogP contribution in [0, 0.1) is 5.82 Å². The lowest BCUT2D eigenvalue weighted by molar-refractivity contribution is 0.260. The predicted molar refractivity (Wildman–Crippen MR) is 88.2 cm³/mol. The molecule has 1 aromatic heterocycles. The van der Waals surface area contributed by atoms with Gasteiger partial charge in [-0.1, -0.05) is 53.8 Å². The molecule has 6 heteroatoms. The van der Waals surface area contributed by atoms with E-state index in [0.717, 1.165) is 27.7 Å². The molecular weight excluding hydrogens is 313 g/mol. The van der Waals surface area contributed by atoms with Gasteiger partial charge in [-0.2, -0.15) is 0 Å². The molecule has 0 saturated carbocycles. The van der Waals surface area contributed by atoms with Gasteiger partial charge < -0.3 is 10.1 Å². The highest BCUT2D eigenvalue weighted by atomic mass is 32.1. The first-order chi connectivity index (χ1) is 11.3. The smallest absolute Gasteiger partial charge is 0.206 e. The Labute approximate surface area is 137 Å². The van der Waals surface area contributed by atoms with Crippen molar-refractivity contribution in [1.29, 1.82) is 0 Å². The Kier molecular flexibility index (Phi) is 3.67. The Balaban J connectivity index is 1.59. The van der Waals surface area contributed by atoms with Crippen LogP contribution < -0.4 is 10.1 Å². The summed E-state index contributed by atoms with van der Waals surface area (Å²) in [5.74, 6) is 0.0142. The summed E-state index contributed by atoms with van der Waals surface area (Å²) in [5.41, 5.74) is 1.86. The molecule has 4 rings (SSSR count). The molecule has 0 spiro atoms. The number of rotatable bonds is 3. The summed E-state index contributed by atoms with van der Waals surface area (Å²) in [6, 6.07) is 14.9. The van der Waals surface area contributed by atoms with E-state index in [1.165, 1.54) is 17.4 Å². The first-order valence-corrected chi connectivity index (χ1v) is 8.19. The first kappa shape index (κ1) is 14.1. The number of halogens is 1. The van der Waals surface area contributed by atoms with Crippen molar-refractivity contribution in [2.75, 3.05) is 11.9 Å². The van der Waals surface area contributed by atoms with E-state index in [-0.39, 0.29) is 11.9 Å². The van der Waals surface area contributed by atoms with Crippen molar-refractivity contribution >= 4 is 16.5 Å². The average Bonchev–Trinajstić information content (AvgIpc) is 3.05. The lowest BCUT2D eigenvalue weighted by Gasteiger charge is -2.26. The fraction of sp³-hybridized carbons (Fsp3) is 0.176. The van der Waals surface area contributed by atoms with E-state index in [2.05, 4.69) is 15.5 Å². The molecule has 0 fully saturated rings. The Bertz CT molecular complexity index is 822. The summed E-state index contributed by atoms with van der Waals surface area (Å²) in [4.78, 5) is 0. The van der Waals surface area contributed by atoms with Gasteiger partial charge in [-0.15, -0.1) is 10.2 Å². The summed E-state index contributed by atoms with van der Waals surface area (Å²) >= 11 is 1.49. The quantitative estimate of drug-likeness (QED) is 0.780. The number of hydrogen-bond acceptors (Lipinski definition) is 5. The second-order valence-electron chi connectivity index (χ2n) is 5.27. The molecule has 0 bridgehead atoms. The number of ether oxygens (including phenoxy) is 1. The fourth-order valence-electron chi connectivity index (χ4n) is 2.66. The molecule has 1 atom stereocenters. The van der Waals surface area contributed by atoms with Crippen molar-refractivity contribution in [3.8, 4) is 16.3 Å². The molecule has 1 N–H and O–H groups in total. The molecule has 116 valence electrons. The van der Waals surface area contributed by atoms with E-state index in [1.807, 2.05) is 36.4 Å². The van der Waals surface area contributed by atoms with Crippen LogP contribution in [0.5, 0.6) is 5.75 Å². The number of anilines is 1. The number of benzene rings is 2. The first-order valence-electron chi connectivity index (χ1n) is 7.38. The lowest BCUT2D eigenvalue weighted by Crippen LogP contribution is -2.21. The van der Waals surface area contributed by atoms with Crippen LogP contribution in [0.4, 0.5) is 9.52 Å². The zero-order valence-corrected chi connectivity index (χ0v) is 13.0. The second kappa shape index (κ2) is 5.96. The summed E-state index contributed by atoms with van der Waals surface area (Å²) in [6.45, 7) is 0.482. The number of para-hydroxylation sites is 1. The summed E-state index contributed by atoms with van der Waals surface area (Å²) in [6.07, 6.45) is 0.761. The molecule has 0 saturated heterocycles. The summed E-state index contributed by atoms with van der Waals surface area (Å²) < 4.78 is 19.3. The molecule has 1 aliphatic heterocycles. The Morgan fingerprint density at radius 1 is 1.09 bits per heavy atom. The van der Waals surface area contributed by atoms with Crippen LogP contribution >= 0.6 is 11.3 Å². The van der Waals surface area contributed by atoms with Crippen molar-refractivity contribution in [3.63, 3.8) is 0 Å². The Morgan fingerprint density at radius 2 is 1.96 bits per heavy atom. The normalized spacial score (nSPS) is 16.5. The van der Waals surface area contributed by atoms with Crippen molar-refractivity contribution in [2.45, 2.75) is 12.5 Å². The van der Waals surface area contributed by atoms with Gasteiger partial charge in [0, 0.05) is 17.5 Å². The second-order valence-corrected chi connectivity index (χ2v) is 6.25. The third-order valence-corrected chi connectivity index (χ3v) is 4.67. The number of fused-ring (bicyclic) bond motifs is 1. The van der Waals surface area contributed by atoms with Crippen molar-refractivity contribution in [3.05, 3.63) is 59.9 Å². The van der Waals surface area contributed by atoms with Crippen LogP contribution in [0.25, 0.3) is 10.6 Å². The number of nitrogens with one attached hydrogen (secondary N) is 1. The number of hydrogen-bond donors (Lipinski definition) is 1. The molecule has 0 unspecified atom stereocenters.